The number of aliphatic carboxylic acids is 1. The summed E-state index contributed by atoms with van der Waals surface area (Å²) in [7, 11) is 1.47. The van der Waals surface area contributed by atoms with Gasteiger partial charge in [0.2, 0.25) is 0 Å². The quantitative estimate of drug-likeness (QED) is 0.464. The fourth-order valence-electron chi connectivity index (χ4n) is 3.29. The van der Waals surface area contributed by atoms with E-state index < -0.39 is 12.6 Å². The van der Waals surface area contributed by atoms with E-state index >= 15 is 0 Å². The summed E-state index contributed by atoms with van der Waals surface area (Å²) in [5, 5.41) is 9.44. The molecule has 4 rings (SSSR count). The molecule has 0 saturated carbocycles. The maximum absolute atomic E-state index is 13.3. The van der Waals surface area contributed by atoms with E-state index in [2.05, 4.69) is 0 Å². The van der Waals surface area contributed by atoms with E-state index in [1.165, 1.54) is 18.9 Å². The van der Waals surface area contributed by atoms with E-state index in [0.29, 0.717) is 28.1 Å². The Morgan fingerprint density at radius 2 is 1.74 bits per heavy atom. The number of para-hydroxylation sites is 1. The summed E-state index contributed by atoms with van der Waals surface area (Å²) >= 11 is 1.31. The number of methoxy groups -OCH3 is 1. The van der Waals surface area contributed by atoms with Crippen molar-refractivity contribution in [1.82, 2.24) is 4.90 Å². The minimum atomic E-state index is -1.08. The van der Waals surface area contributed by atoms with Crippen LogP contribution in [0.3, 0.4) is 0 Å². The van der Waals surface area contributed by atoms with Crippen LogP contribution < -0.4 is 9.47 Å². The number of benzene rings is 3. The number of thioether (sulfide) groups is 1. The highest BCUT2D eigenvalue weighted by molar-refractivity contribution is 8.18. The van der Waals surface area contributed by atoms with Crippen molar-refractivity contribution >= 4 is 40.6 Å². The molecule has 3 aromatic carbocycles. The molecule has 0 unspecified atom stereocenters. The topological polar surface area (TPSA) is 88.4 Å². The number of nitrogens with zero attached hydrogens (tertiary/aromatic N) is 2. The lowest BCUT2D eigenvalue weighted by atomic mass is 10.1. The lowest BCUT2D eigenvalue weighted by Gasteiger charge is -2.15. The van der Waals surface area contributed by atoms with Crippen LogP contribution in [0.5, 0.6) is 11.5 Å². The van der Waals surface area contributed by atoms with Gasteiger partial charge in [0.15, 0.2) is 23.3 Å². The number of ether oxygens (including phenoxy) is 2. The Bertz CT molecular complexity index is 1240. The highest BCUT2D eigenvalue weighted by Crippen LogP contribution is 2.36. The molecule has 8 heteroatoms. The number of carboxylic acids is 1. The third kappa shape index (κ3) is 5.65. The third-order valence-corrected chi connectivity index (χ3v) is 5.90. The van der Waals surface area contributed by atoms with Gasteiger partial charge in [-0.15, -0.1) is 0 Å². The molecule has 1 aliphatic rings. The molecule has 0 bridgehead atoms. The van der Waals surface area contributed by atoms with Crippen molar-refractivity contribution in [3.05, 3.63) is 94.9 Å². The van der Waals surface area contributed by atoms with E-state index in [0.717, 1.165) is 16.8 Å². The SMILES string of the molecule is COc1cc(/C=C2/SC(=Nc3ccccc3)N(Cc3ccccc3)C2=O)ccc1OCC(=O)O. The fourth-order valence-corrected chi connectivity index (χ4v) is 4.29. The van der Waals surface area contributed by atoms with E-state index in [4.69, 9.17) is 19.6 Å². The van der Waals surface area contributed by atoms with Gasteiger partial charge in [0.25, 0.3) is 5.91 Å². The second kappa shape index (κ2) is 10.7. The lowest BCUT2D eigenvalue weighted by molar-refractivity contribution is -0.139. The Kier molecular flexibility index (Phi) is 7.29. The van der Waals surface area contributed by atoms with Crippen molar-refractivity contribution in [3.63, 3.8) is 0 Å². The number of hydrogen-bond acceptors (Lipinski definition) is 6. The summed E-state index contributed by atoms with van der Waals surface area (Å²) < 4.78 is 10.6. The average Bonchev–Trinajstić information content (AvgIpc) is 3.13. The molecule has 0 radical (unpaired) electrons. The van der Waals surface area contributed by atoms with Crippen LogP contribution in [-0.4, -0.2) is 40.8 Å². The summed E-state index contributed by atoms with van der Waals surface area (Å²) in [5.41, 5.74) is 2.48. The molecule has 1 saturated heterocycles. The Morgan fingerprint density at radius 3 is 2.41 bits per heavy atom. The standard InChI is InChI=1S/C26H22N2O5S/c1-32-22-14-19(12-13-21(22)33-17-24(29)30)15-23-25(31)28(16-18-8-4-2-5-9-18)26(34-23)27-20-10-6-3-7-11-20/h2-15H,16-17H2,1H3,(H,29,30)/b23-15+,27-26?. The van der Waals surface area contributed by atoms with Gasteiger partial charge in [-0.3, -0.25) is 9.69 Å². The number of amides is 1. The van der Waals surface area contributed by atoms with Crippen LogP contribution in [0.1, 0.15) is 11.1 Å². The molecule has 0 aliphatic carbocycles. The number of carbonyl (C=O) groups is 2. The first-order valence-corrected chi connectivity index (χ1v) is 11.3. The molecule has 1 fully saturated rings. The molecule has 1 heterocycles. The van der Waals surface area contributed by atoms with Crippen molar-refractivity contribution in [2.45, 2.75) is 6.54 Å². The van der Waals surface area contributed by atoms with E-state index in [-0.39, 0.29) is 5.91 Å². The van der Waals surface area contributed by atoms with Crippen LogP contribution in [0.15, 0.2) is 88.8 Å². The maximum Gasteiger partial charge on any atom is 0.341 e. The molecule has 1 amide bonds. The van der Waals surface area contributed by atoms with Gasteiger partial charge in [0, 0.05) is 0 Å². The molecule has 0 atom stereocenters. The van der Waals surface area contributed by atoms with Crippen LogP contribution in [0, 0.1) is 0 Å². The Labute approximate surface area is 201 Å². The predicted octanol–water partition coefficient (Wildman–Crippen LogP) is 4.96. The van der Waals surface area contributed by atoms with Gasteiger partial charge >= 0.3 is 5.97 Å². The highest BCUT2D eigenvalue weighted by Gasteiger charge is 2.33. The fraction of sp³-hybridized carbons (Fsp3) is 0.115. The van der Waals surface area contributed by atoms with E-state index in [1.54, 1.807) is 29.2 Å². The predicted molar refractivity (Wildman–Crippen MR) is 132 cm³/mol. The molecule has 7 nitrogen and oxygen atoms in total. The van der Waals surface area contributed by atoms with Gasteiger partial charge in [0.1, 0.15) is 0 Å². The van der Waals surface area contributed by atoms with Gasteiger partial charge < -0.3 is 14.6 Å². The first kappa shape index (κ1) is 23.1. The zero-order valence-corrected chi connectivity index (χ0v) is 19.2. The molecular formula is C26H22N2O5S. The van der Waals surface area contributed by atoms with Gasteiger partial charge in [0.05, 0.1) is 24.2 Å². The summed E-state index contributed by atoms with van der Waals surface area (Å²) in [6.45, 7) is -0.0696. The van der Waals surface area contributed by atoms with Crippen molar-refractivity contribution in [2.24, 2.45) is 4.99 Å². The number of hydrogen-bond donors (Lipinski definition) is 1. The first-order chi connectivity index (χ1) is 16.5. The Hall–Kier alpha value is -4.04. The van der Waals surface area contributed by atoms with Gasteiger partial charge in [-0.1, -0.05) is 54.6 Å². The number of amidine groups is 1. The number of carboxylic acid groups (broad SMARTS) is 1. The van der Waals surface area contributed by atoms with Crippen LogP contribution >= 0.6 is 11.8 Å². The lowest BCUT2D eigenvalue weighted by Crippen LogP contribution is -2.28. The van der Waals surface area contributed by atoms with Crippen molar-refractivity contribution in [1.29, 1.82) is 0 Å². The summed E-state index contributed by atoms with van der Waals surface area (Å²) in [6.07, 6.45) is 1.77. The molecule has 1 N–H and O–H groups in total. The molecule has 172 valence electrons. The largest absolute Gasteiger partial charge is 0.493 e. The van der Waals surface area contributed by atoms with Gasteiger partial charge in [-0.05, 0) is 53.2 Å². The maximum atomic E-state index is 13.3. The minimum Gasteiger partial charge on any atom is -0.493 e. The number of carbonyl (C=O) groups excluding carboxylic acids is 1. The Morgan fingerprint density at radius 1 is 1.03 bits per heavy atom. The minimum absolute atomic E-state index is 0.145. The number of aliphatic imine (C=N–C) groups is 1. The molecule has 0 spiro atoms. The highest BCUT2D eigenvalue weighted by atomic mass is 32.2. The monoisotopic (exact) mass is 474 g/mol. The first-order valence-electron chi connectivity index (χ1n) is 10.4. The average molecular weight is 475 g/mol. The van der Waals surface area contributed by atoms with Crippen LogP contribution in [0.25, 0.3) is 6.08 Å². The van der Waals surface area contributed by atoms with Gasteiger partial charge in [-0.2, -0.15) is 0 Å². The summed E-state index contributed by atoms with van der Waals surface area (Å²) in [5.74, 6) is -0.529. The smallest absolute Gasteiger partial charge is 0.341 e. The van der Waals surface area contributed by atoms with Crippen LogP contribution in [0.2, 0.25) is 0 Å². The normalized spacial score (nSPS) is 15.7. The Balaban J connectivity index is 1.64. The second-order valence-electron chi connectivity index (χ2n) is 7.31. The molecular weight excluding hydrogens is 452 g/mol. The molecule has 1 aliphatic heterocycles. The van der Waals surface area contributed by atoms with E-state index in [9.17, 15) is 9.59 Å². The van der Waals surface area contributed by atoms with Crippen molar-refractivity contribution in [2.75, 3.05) is 13.7 Å². The second-order valence-corrected chi connectivity index (χ2v) is 8.32. The third-order valence-electron chi connectivity index (χ3n) is 4.89. The van der Waals surface area contributed by atoms with Gasteiger partial charge in [-0.25, -0.2) is 9.79 Å². The molecule has 0 aromatic heterocycles. The van der Waals surface area contributed by atoms with Crippen molar-refractivity contribution < 1.29 is 24.2 Å². The van der Waals surface area contributed by atoms with Crippen LogP contribution in [0.4, 0.5) is 5.69 Å². The molecule has 34 heavy (non-hydrogen) atoms. The zero-order chi connectivity index (χ0) is 23.9. The number of rotatable bonds is 8. The van der Waals surface area contributed by atoms with Crippen LogP contribution in [-0.2, 0) is 16.1 Å². The van der Waals surface area contributed by atoms with Crippen molar-refractivity contribution in [3.8, 4) is 11.5 Å². The summed E-state index contributed by atoms with van der Waals surface area (Å²) in [6, 6.07) is 24.3. The van der Waals surface area contributed by atoms with E-state index in [1.807, 2.05) is 60.7 Å². The zero-order valence-electron chi connectivity index (χ0n) is 18.4. The summed E-state index contributed by atoms with van der Waals surface area (Å²) in [4.78, 5) is 31.0. The molecule has 3 aromatic rings.